The van der Waals surface area contributed by atoms with E-state index < -0.39 is 12.4 Å². The predicted molar refractivity (Wildman–Crippen MR) is 51.4 cm³/mol. The molecule has 6 heteroatoms. The van der Waals surface area contributed by atoms with E-state index in [2.05, 4.69) is 10.1 Å². The van der Waals surface area contributed by atoms with E-state index in [1.54, 1.807) is 7.05 Å². The van der Waals surface area contributed by atoms with E-state index in [1.165, 1.54) is 23.1 Å². The van der Waals surface area contributed by atoms with Crippen molar-refractivity contribution in [3.05, 3.63) is 36.0 Å². The molecule has 0 bridgehead atoms. The first-order valence-electron chi connectivity index (χ1n) is 4.51. The first-order valence-corrected chi connectivity index (χ1v) is 4.51. The van der Waals surface area contributed by atoms with Gasteiger partial charge >= 0.3 is 0 Å². The van der Waals surface area contributed by atoms with Gasteiger partial charge in [0.05, 0.1) is 5.56 Å². The summed E-state index contributed by atoms with van der Waals surface area (Å²) in [5.74, 6) is -0.654. The molecule has 84 valence electrons. The number of aromatic nitrogens is 3. The Hall–Kier alpha value is -1.85. The highest BCUT2D eigenvalue weighted by Gasteiger charge is 2.18. The Morgan fingerprint density at radius 2 is 2.06 bits per heavy atom. The summed E-state index contributed by atoms with van der Waals surface area (Å²) in [6.45, 7) is 0. The minimum atomic E-state index is -2.62. The predicted octanol–water partition coefficient (Wildman–Crippen LogP) is 2.56. The summed E-state index contributed by atoms with van der Waals surface area (Å²) in [7, 11) is 1.55. The van der Waals surface area contributed by atoms with Crippen molar-refractivity contribution in [2.75, 3.05) is 0 Å². The number of aryl methyl sites for hydroxylation is 1. The molecule has 0 unspecified atom stereocenters. The summed E-state index contributed by atoms with van der Waals surface area (Å²) >= 11 is 0. The average Bonchev–Trinajstić information content (AvgIpc) is 2.61. The summed E-state index contributed by atoms with van der Waals surface area (Å²) in [5.41, 5.74) is 0.318. The number of hydrogen-bond acceptors (Lipinski definition) is 2. The van der Waals surface area contributed by atoms with Gasteiger partial charge in [-0.1, -0.05) is 0 Å². The van der Waals surface area contributed by atoms with Gasteiger partial charge in [0.2, 0.25) is 5.95 Å². The second-order valence-electron chi connectivity index (χ2n) is 3.28. The number of rotatable bonds is 2. The zero-order valence-electron chi connectivity index (χ0n) is 8.36. The maximum Gasteiger partial charge on any atom is 0.267 e. The van der Waals surface area contributed by atoms with Crippen molar-refractivity contribution in [1.29, 1.82) is 0 Å². The molecular weight excluding hydrogens is 219 g/mol. The summed E-state index contributed by atoms with van der Waals surface area (Å²) in [5, 5.41) is 3.91. The van der Waals surface area contributed by atoms with E-state index in [1.807, 2.05) is 0 Å². The van der Waals surface area contributed by atoms with Crippen molar-refractivity contribution < 1.29 is 13.2 Å². The number of pyridine rings is 1. The van der Waals surface area contributed by atoms with Gasteiger partial charge in [-0.05, 0) is 12.1 Å². The van der Waals surface area contributed by atoms with Gasteiger partial charge in [0, 0.05) is 25.0 Å². The maximum atomic E-state index is 12.7. The molecule has 0 radical (unpaired) electrons. The van der Waals surface area contributed by atoms with Crippen molar-refractivity contribution in [2.45, 2.75) is 6.43 Å². The molecule has 16 heavy (non-hydrogen) atoms. The largest absolute Gasteiger partial charge is 0.275 e. The Bertz CT molecular complexity index is 491. The molecule has 0 saturated heterocycles. The van der Waals surface area contributed by atoms with Gasteiger partial charge in [-0.15, -0.1) is 0 Å². The standard InChI is InChI=1S/C10H8F3N3/c1-16-5-7(10(12)13)9(15-16)6-2-3-8(11)14-4-6/h2-5,10H,1H3. The fraction of sp³-hybridized carbons (Fsp3) is 0.200. The quantitative estimate of drug-likeness (QED) is 0.738. The third kappa shape index (κ3) is 1.91. The van der Waals surface area contributed by atoms with Gasteiger partial charge in [-0.2, -0.15) is 9.49 Å². The Labute approximate surface area is 89.5 Å². The van der Waals surface area contributed by atoms with Crippen molar-refractivity contribution >= 4 is 0 Å². The number of halogens is 3. The van der Waals surface area contributed by atoms with E-state index in [-0.39, 0.29) is 11.3 Å². The SMILES string of the molecule is Cn1cc(C(F)F)c(-c2ccc(F)nc2)n1. The molecule has 2 aromatic rings. The van der Waals surface area contributed by atoms with Gasteiger partial charge < -0.3 is 0 Å². The topological polar surface area (TPSA) is 30.7 Å². The lowest BCUT2D eigenvalue weighted by Crippen LogP contribution is -1.90. The molecule has 0 fully saturated rings. The fourth-order valence-electron chi connectivity index (χ4n) is 1.41. The number of hydrogen-bond donors (Lipinski definition) is 0. The summed E-state index contributed by atoms with van der Waals surface area (Å²) < 4.78 is 39.2. The molecule has 3 nitrogen and oxygen atoms in total. The molecular formula is C10H8F3N3. The monoisotopic (exact) mass is 227 g/mol. The van der Waals surface area contributed by atoms with Crippen LogP contribution in [-0.4, -0.2) is 14.8 Å². The molecule has 2 aromatic heterocycles. The lowest BCUT2D eigenvalue weighted by atomic mass is 10.1. The van der Waals surface area contributed by atoms with Crippen LogP contribution in [0.15, 0.2) is 24.5 Å². The molecule has 0 aromatic carbocycles. The molecule has 2 heterocycles. The van der Waals surface area contributed by atoms with Crippen LogP contribution in [-0.2, 0) is 7.05 Å². The molecule has 0 N–H and O–H groups in total. The number of alkyl halides is 2. The summed E-state index contributed by atoms with van der Waals surface area (Å²) in [6, 6.07) is 2.48. The summed E-state index contributed by atoms with van der Waals surface area (Å²) in [4.78, 5) is 3.40. The lowest BCUT2D eigenvalue weighted by Gasteiger charge is -2.00. The average molecular weight is 227 g/mol. The van der Waals surface area contributed by atoms with Gasteiger partial charge in [0.15, 0.2) is 0 Å². The highest BCUT2D eigenvalue weighted by Crippen LogP contribution is 2.29. The van der Waals surface area contributed by atoms with Crippen LogP contribution in [0.2, 0.25) is 0 Å². The van der Waals surface area contributed by atoms with Crippen LogP contribution in [0.3, 0.4) is 0 Å². The van der Waals surface area contributed by atoms with E-state index in [4.69, 9.17) is 0 Å². The van der Waals surface area contributed by atoms with Gasteiger partial charge in [-0.25, -0.2) is 13.8 Å². The Morgan fingerprint density at radius 3 is 2.62 bits per heavy atom. The van der Waals surface area contributed by atoms with Crippen LogP contribution >= 0.6 is 0 Å². The summed E-state index contributed by atoms with van der Waals surface area (Å²) in [6.07, 6.45) is -0.193. The Morgan fingerprint density at radius 1 is 1.31 bits per heavy atom. The van der Waals surface area contributed by atoms with Crippen molar-refractivity contribution in [3.8, 4) is 11.3 Å². The molecule has 0 aliphatic carbocycles. The molecule has 0 saturated carbocycles. The van der Waals surface area contributed by atoms with E-state index in [0.717, 1.165) is 6.07 Å². The van der Waals surface area contributed by atoms with Crippen LogP contribution in [0.1, 0.15) is 12.0 Å². The van der Waals surface area contributed by atoms with Gasteiger partial charge in [-0.3, -0.25) is 4.68 Å². The first-order chi connectivity index (χ1) is 7.58. The minimum Gasteiger partial charge on any atom is -0.275 e. The minimum absolute atomic E-state index is 0.130. The highest BCUT2D eigenvalue weighted by atomic mass is 19.3. The zero-order valence-corrected chi connectivity index (χ0v) is 8.36. The molecule has 0 atom stereocenters. The molecule has 0 amide bonds. The highest BCUT2D eigenvalue weighted by molar-refractivity contribution is 5.61. The van der Waals surface area contributed by atoms with Crippen LogP contribution in [0.5, 0.6) is 0 Å². The maximum absolute atomic E-state index is 12.7. The lowest BCUT2D eigenvalue weighted by molar-refractivity contribution is 0.152. The van der Waals surface area contributed by atoms with Crippen LogP contribution in [0.4, 0.5) is 13.2 Å². The normalized spacial score (nSPS) is 11.1. The first kappa shape index (κ1) is 10.7. The third-order valence-corrected chi connectivity index (χ3v) is 2.09. The van der Waals surface area contributed by atoms with Crippen molar-refractivity contribution in [1.82, 2.24) is 14.8 Å². The van der Waals surface area contributed by atoms with Crippen LogP contribution in [0.25, 0.3) is 11.3 Å². The molecule has 2 rings (SSSR count). The third-order valence-electron chi connectivity index (χ3n) is 2.09. The van der Waals surface area contributed by atoms with E-state index in [9.17, 15) is 13.2 Å². The Kier molecular flexibility index (Phi) is 2.64. The molecule has 0 spiro atoms. The van der Waals surface area contributed by atoms with Crippen LogP contribution < -0.4 is 0 Å². The molecule has 0 aliphatic heterocycles. The van der Waals surface area contributed by atoms with E-state index >= 15 is 0 Å². The smallest absolute Gasteiger partial charge is 0.267 e. The Balaban J connectivity index is 2.50. The van der Waals surface area contributed by atoms with Gasteiger partial charge in [0.25, 0.3) is 6.43 Å². The molecule has 0 aliphatic rings. The van der Waals surface area contributed by atoms with Crippen molar-refractivity contribution in [3.63, 3.8) is 0 Å². The second-order valence-corrected chi connectivity index (χ2v) is 3.28. The number of nitrogens with zero attached hydrogens (tertiary/aromatic N) is 3. The zero-order chi connectivity index (χ0) is 11.7. The van der Waals surface area contributed by atoms with Gasteiger partial charge in [0.1, 0.15) is 5.69 Å². The second kappa shape index (κ2) is 3.96. The van der Waals surface area contributed by atoms with E-state index in [0.29, 0.717) is 5.56 Å². The van der Waals surface area contributed by atoms with Crippen LogP contribution in [0, 0.1) is 5.95 Å². The fourth-order valence-corrected chi connectivity index (χ4v) is 1.41. The van der Waals surface area contributed by atoms with Crippen molar-refractivity contribution in [2.24, 2.45) is 7.05 Å².